The van der Waals surface area contributed by atoms with Gasteiger partial charge in [0.1, 0.15) is 0 Å². The molecule has 0 saturated carbocycles. The minimum absolute atomic E-state index is 0.347. The van der Waals surface area contributed by atoms with Crippen LogP contribution in [0.4, 0.5) is 13.2 Å². The van der Waals surface area contributed by atoms with Gasteiger partial charge < -0.3 is 5.73 Å². The van der Waals surface area contributed by atoms with Crippen LogP contribution in [0.1, 0.15) is 6.42 Å². The van der Waals surface area contributed by atoms with Gasteiger partial charge in [-0.2, -0.15) is 24.9 Å². The molecule has 0 aliphatic heterocycles. The molecule has 0 aromatic rings. The van der Waals surface area contributed by atoms with E-state index in [1.807, 2.05) is 13.1 Å². The lowest BCUT2D eigenvalue weighted by atomic mass is 10.5. The molecule has 0 radical (unpaired) electrons. The van der Waals surface area contributed by atoms with E-state index in [1.54, 1.807) is 11.8 Å². The van der Waals surface area contributed by atoms with Gasteiger partial charge >= 0.3 is 6.18 Å². The van der Waals surface area contributed by atoms with Crippen LogP contribution in [0, 0.1) is 0 Å². The largest absolute Gasteiger partial charge is 0.388 e. The van der Waals surface area contributed by atoms with E-state index in [2.05, 4.69) is 0 Å². The van der Waals surface area contributed by atoms with Crippen LogP contribution in [0.3, 0.4) is 0 Å². The Labute approximate surface area is 95.0 Å². The molecule has 0 unspecified atom stereocenters. The average Bonchev–Trinajstić information content (AvgIpc) is 2.09. The van der Waals surface area contributed by atoms with E-state index in [1.165, 1.54) is 0 Å². The molecule has 0 aliphatic rings. The van der Waals surface area contributed by atoms with Crippen LogP contribution in [0.2, 0.25) is 25.2 Å². The summed E-state index contributed by atoms with van der Waals surface area (Å²) in [6.07, 6.45) is -4.61. The van der Waals surface area contributed by atoms with Crippen molar-refractivity contribution in [3.63, 3.8) is 0 Å². The van der Waals surface area contributed by atoms with Crippen molar-refractivity contribution in [1.29, 1.82) is 0 Å². The molecule has 0 bridgehead atoms. The van der Waals surface area contributed by atoms with Gasteiger partial charge in [-0.05, 0) is 17.8 Å². The minimum Gasteiger partial charge on any atom is -0.330 e. The normalized spacial score (nSPS) is 13.2. The molecular formula is C9H20F3NSSi. The maximum absolute atomic E-state index is 12.0. The zero-order valence-corrected chi connectivity index (χ0v) is 11.2. The number of alkyl halides is 3. The Morgan fingerprint density at radius 3 is 2.20 bits per heavy atom. The Kier molecular flexibility index (Phi) is 6.95. The van der Waals surface area contributed by atoms with Crippen molar-refractivity contribution in [2.24, 2.45) is 5.73 Å². The summed E-state index contributed by atoms with van der Waals surface area (Å²) in [5.74, 6) is 1.86. The first-order valence-electron chi connectivity index (χ1n) is 5.11. The van der Waals surface area contributed by atoms with E-state index in [4.69, 9.17) is 5.73 Å². The van der Waals surface area contributed by atoms with Crippen molar-refractivity contribution in [2.45, 2.75) is 37.8 Å². The summed E-state index contributed by atoms with van der Waals surface area (Å²) in [6.45, 7) is 4.71. The molecule has 0 rings (SSSR count). The molecule has 6 heteroatoms. The van der Waals surface area contributed by atoms with Crippen molar-refractivity contribution in [2.75, 3.05) is 18.1 Å². The lowest BCUT2D eigenvalue weighted by Crippen LogP contribution is -2.28. The monoisotopic (exact) mass is 259 g/mol. The maximum atomic E-state index is 12.0. The summed E-state index contributed by atoms with van der Waals surface area (Å²) in [6, 6.07) is 1.30. The van der Waals surface area contributed by atoms with Crippen LogP contribution in [-0.4, -0.2) is 32.3 Å². The fraction of sp³-hybridized carbons (Fsp3) is 1.00. The van der Waals surface area contributed by atoms with Gasteiger partial charge in [0.15, 0.2) is 0 Å². The summed E-state index contributed by atoms with van der Waals surface area (Å²) in [7, 11) is -1.64. The summed E-state index contributed by atoms with van der Waals surface area (Å²) in [5.41, 5.74) is 5.34. The Balaban J connectivity index is 3.67. The molecule has 0 aliphatic carbocycles. The van der Waals surface area contributed by atoms with Crippen molar-refractivity contribution in [1.82, 2.24) is 0 Å². The SMILES string of the molecule is C[Si](C)(CCSCCN)CCC(F)(F)F. The summed E-state index contributed by atoms with van der Waals surface area (Å²) < 4.78 is 36.1. The molecule has 0 fully saturated rings. The van der Waals surface area contributed by atoms with Gasteiger partial charge in [-0.25, -0.2) is 0 Å². The first-order chi connectivity index (χ1) is 6.77. The number of nitrogens with two attached hydrogens (primary N) is 1. The molecule has 0 aromatic heterocycles. The van der Waals surface area contributed by atoms with Crippen molar-refractivity contribution in [3.05, 3.63) is 0 Å². The van der Waals surface area contributed by atoms with Crippen molar-refractivity contribution >= 4 is 19.8 Å². The molecule has 2 N–H and O–H groups in total. The number of thioether (sulfide) groups is 1. The number of rotatable bonds is 7. The number of hydrogen-bond donors (Lipinski definition) is 1. The lowest BCUT2D eigenvalue weighted by molar-refractivity contribution is -0.130. The molecule has 1 nitrogen and oxygen atoms in total. The highest BCUT2D eigenvalue weighted by atomic mass is 32.2. The van der Waals surface area contributed by atoms with Crippen LogP contribution < -0.4 is 5.73 Å². The van der Waals surface area contributed by atoms with Gasteiger partial charge in [0.2, 0.25) is 0 Å². The van der Waals surface area contributed by atoms with Crippen LogP contribution in [0.5, 0.6) is 0 Å². The van der Waals surface area contributed by atoms with Gasteiger partial charge in [-0.1, -0.05) is 13.1 Å². The quantitative estimate of drug-likeness (QED) is 0.560. The minimum atomic E-state index is -3.99. The third-order valence-electron chi connectivity index (χ3n) is 2.27. The van der Waals surface area contributed by atoms with E-state index >= 15 is 0 Å². The van der Waals surface area contributed by atoms with Crippen molar-refractivity contribution < 1.29 is 13.2 Å². The molecular weight excluding hydrogens is 239 g/mol. The zero-order chi connectivity index (χ0) is 11.9. The second-order valence-electron chi connectivity index (χ2n) is 4.43. The smallest absolute Gasteiger partial charge is 0.330 e. The Hall–Kier alpha value is 0.317. The highest BCUT2D eigenvalue weighted by molar-refractivity contribution is 7.99. The van der Waals surface area contributed by atoms with Gasteiger partial charge in [0.25, 0.3) is 0 Å². The van der Waals surface area contributed by atoms with Gasteiger partial charge in [-0.3, -0.25) is 0 Å². The molecule has 0 atom stereocenters. The van der Waals surface area contributed by atoms with E-state index < -0.39 is 20.7 Å². The Bertz CT molecular complexity index is 173. The first-order valence-corrected chi connectivity index (χ1v) is 9.68. The standard InChI is InChI=1S/C9H20F3NSSi/c1-15(2,7-3-9(10,11)12)8-6-14-5-4-13/h3-8,13H2,1-2H3. The summed E-state index contributed by atoms with van der Waals surface area (Å²) >= 11 is 1.74. The average molecular weight is 259 g/mol. The molecule has 15 heavy (non-hydrogen) atoms. The van der Waals surface area contributed by atoms with E-state index in [0.717, 1.165) is 17.5 Å². The topological polar surface area (TPSA) is 26.0 Å². The van der Waals surface area contributed by atoms with Crippen molar-refractivity contribution in [3.8, 4) is 0 Å². The van der Waals surface area contributed by atoms with E-state index in [-0.39, 0.29) is 0 Å². The van der Waals surface area contributed by atoms with Crippen LogP contribution in [0.25, 0.3) is 0 Å². The predicted octanol–water partition coefficient (Wildman–Crippen LogP) is 3.34. The summed E-state index contributed by atoms with van der Waals surface area (Å²) in [5, 5.41) is 0. The number of hydrogen-bond acceptors (Lipinski definition) is 2. The third-order valence-corrected chi connectivity index (χ3v) is 6.86. The second kappa shape index (κ2) is 6.80. The zero-order valence-electron chi connectivity index (χ0n) is 9.36. The molecule has 0 heterocycles. The fourth-order valence-electron chi connectivity index (χ4n) is 1.14. The fourth-order valence-corrected chi connectivity index (χ4v) is 5.51. The predicted molar refractivity (Wildman–Crippen MR) is 64.1 cm³/mol. The maximum Gasteiger partial charge on any atom is 0.388 e. The third kappa shape index (κ3) is 10.6. The molecule has 0 amide bonds. The second-order valence-corrected chi connectivity index (χ2v) is 11.0. The first kappa shape index (κ1) is 15.3. The molecule has 0 saturated heterocycles. The molecule has 92 valence electrons. The van der Waals surface area contributed by atoms with E-state index in [9.17, 15) is 13.2 Å². The Morgan fingerprint density at radius 1 is 1.13 bits per heavy atom. The van der Waals surface area contributed by atoms with E-state index in [0.29, 0.717) is 12.6 Å². The highest BCUT2D eigenvalue weighted by Crippen LogP contribution is 2.28. The summed E-state index contributed by atoms with van der Waals surface area (Å²) in [4.78, 5) is 0. The van der Waals surface area contributed by atoms with Gasteiger partial charge in [0, 0.05) is 26.8 Å². The number of halogens is 3. The molecule has 0 spiro atoms. The van der Waals surface area contributed by atoms with Crippen LogP contribution in [-0.2, 0) is 0 Å². The van der Waals surface area contributed by atoms with Crippen LogP contribution >= 0.6 is 11.8 Å². The van der Waals surface area contributed by atoms with Crippen LogP contribution in [0.15, 0.2) is 0 Å². The van der Waals surface area contributed by atoms with Gasteiger partial charge in [-0.15, -0.1) is 0 Å². The van der Waals surface area contributed by atoms with Gasteiger partial charge in [0.05, 0.1) is 0 Å². The Morgan fingerprint density at radius 2 is 1.73 bits per heavy atom. The lowest BCUT2D eigenvalue weighted by Gasteiger charge is -2.22. The highest BCUT2D eigenvalue weighted by Gasteiger charge is 2.31. The molecule has 0 aromatic carbocycles.